The Morgan fingerprint density at radius 3 is 2.59 bits per heavy atom. The Hall–Kier alpha value is -1.37. The van der Waals surface area contributed by atoms with Crippen molar-refractivity contribution in [1.82, 2.24) is 0 Å². The molecule has 1 nitrogen and oxygen atoms in total. The molecule has 2 aliphatic rings. The number of hydrogen-bond acceptors (Lipinski definition) is 1. The second-order valence-corrected chi connectivity index (χ2v) is 5.23. The molecule has 0 aromatic heterocycles. The molecule has 0 N–H and O–H groups in total. The molecule has 2 bridgehead atoms. The summed E-state index contributed by atoms with van der Waals surface area (Å²) in [6, 6.07) is 10.6. The van der Waals surface area contributed by atoms with Gasteiger partial charge < -0.3 is 0 Å². The van der Waals surface area contributed by atoms with E-state index in [0.29, 0.717) is 30.0 Å². The first-order valence-corrected chi connectivity index (χ1v) is 6.57. The average molecular weight is 226 g/mol. The highest BCUT2D eigenvalue weighted by molar-refractivity contribution is 5.83. The lowest BCUT2D eigenvalue weighted by molar-refractivity contribution is -0.123. The molecule has 4 atom stereocenters. The SMILES string of the molecule is CCC(=O)[C@@H]1C(c2ccccc2)[C@@H]2C=C[C@@H]1C2. The van der Waals surface area contributed by atoms with Crippen molar-refractivity contribution >= 4 is 5.78 Å². The van der Waals surface area contributed by atoms with Gasteiger partial charge in [-0.05, 0) is 23.8 Å². The van der Waals surface area contributed by atoms with Crippen LogP contribution in [0.4, 0.5) is 0 Å². The third kappa shape index (κ3) is 1.65. The van der Waals surface area contributed by atoms with E-state index in [2.05, 4.69) is 36.4 Å². The molecule has 3 rings (SSSR count). The molecule has 1 aromatic carbocycles. The van der Waals surface area contributed by atoms with E-state index in [4.69, 9.17) is 0 Å². The highest BCUT2D eigenvalue weighted by Crippen LogP contribution is 2.53. The van der Waals surface area contributed by atoms with E-state index in [-0.39, 0.29) is 5.92 Å². The van der Waals surface area contributed by atoms with Gasteiger partial charge in [0.25, 0.3) is 0 Å². The molecule has 0 heterocycles. The largest absolute Gasteiger partial charge is 0.299 e. The second kappa shape index (κ2) is 4.14. The first-order valence-electron chi connectivity index (χ1n) is 6.57. The molecule has 0 aliphatic heterocycles. The van der Waals surface area contributed by atoms with Crippen LogP contribution in [0.15, 0.2) is 42.5 Å². The Bertz CT molecular complexity index is 446. The number of allylic oxidation sites excluding steroid dienone is 2. The Morgan fingerprint density at radius 1 is 1.18 bits per heavy atom. The number of carbonyl (C=O) groups excluding carboxylic acids is 1. The van der Waals surface area contributed by atoms with Crippen molar-refractivity contribution < 1.29 is 4.79 Å². The Morgan fingerprint density at radius 2 is 1.88 bits per heavy atom. The fourth-order valence-electron chi connectivity index (χ4n) is 3.63. The van der Waals surface area contributed by atoms with Gasteiger partial charge in [-0.3, -0.25) is 4.79 Å². The zero-order valence-corrected chi connectivity index (χ0v) is 10.2. The van der Waals surface area contributed by atoms with Gasteiger partial charge in [0.15, 0.2) is 0 Å². The highest BCUT2D eigenvalue weighted by atomic mass is 16.1. The van der Waals surface area contributed by atoms with E-state index in [9.17, 15) is 4.79 Å². The van der Waals surface area contributed by atoms with Gasteiger partial charge in [0.1, 0.15) is 5.78 Å². The molecular weight excluding hydrogens is 208 g/mol. The minimum Gasteiger partial charge on any atom is -0.299 e. The normalized spacial score (nSPS) is 34.2. The standard InChI is InChI=1S/C16H18O/c1-2-14(17)16-13-9-8-12(10-13)15(16)11-6-4-3-5-7-11/h3-9,12-13,15-16H,2,10H2,1H3/t12-,13-,15?,16-/m1/s1. The molecule has 0 amide bonds. The van der Waals surface area contributed by atoms with Gasteiger partial charge >= 0.3 is 0 Å². The number of hydrogen-bond donors (Lipinski definition) is 0. The number of benzene rings is 1. The van der Waals surface area contributed by atoms with Gasteiger partial charge in [-0.1, -0.05) is 49.4 Å². The summed E-state index contributed by atoms with van der Waals surface area (Å²) < 4.78 is 0. The Kier molecular flexibility index (Phi) is 2.62. The molecule has 17 heavy (non-hydrogen) atoms. The number of fused-ring (bicyclic) bond motifs is 2. The number of Topliss-reactive ketones (excluding diaryl/α,β-unsaturated/α-hetero) is 1. The maximum absolute atomic E-state index is 12.2. The van der Waals surface area contributed by atoms with Crippen LogP contribution in [-0.4, -0.2) is 5.78 Å². The third-order valence-corrected chi connectivity index (χ3v) is 4.36. The van der Waals surface area contributed by atoms with Crippen LogP contribution >= 0.6 is 0 Å². The zero-order valence-electron chi connectivity index (χ0n) is 10.2. The molecule has 0 spiro atoms. The highest BCUT2D eigenvalue weighted by Gasteiger charge is 2.47. The predicted octanol–water partition coefficient (Wildman–Crippen LogP) is 3.57. The Labute approximate surface area is 103 Å². The van der Waals surface area contributed by atoms with Gasteiger partial charge in [0, 0.05) is 18.3 Å². The molecule has 1 heteroatoms. The molecule has 0 radical (unpaired) electrons. The topological polar surface area (TPSA) is 17.1 Å². The summed E-state index contributed by atoms with van der Waals surface area (Å²) in [6.45, 7) is 1.99. The minimum absolute atomic E-state index is 0.234. The molecule has 2 aliphatic carbocycles. The summed E-state index contributed by atoms with van der Waals surface area (Å²) >= 11 is 0. The molecular formula is C16H18O. The van der Waals surface area contributed by atoms with E-state index in [1.807, 2.05) is 13.0 Å². The summed E-state index contributed by atoms with van der Waals surface area (Å²) in [5, 5.41) is 0. The predicted molar refractivity (Wildman–Crippen MR) is 68.7 cm³/mol. The summed E-state index contributed by atoms with van der Waals surface area (Å²) in [5.74, 6) is 2.19. The number of ketones is 1. The summed E-state index contributed by atoms with van der Waals surface area (Å²) in [4.78, 5) is 12.2. The third-order valence-electron chi connectivity index (χ3n) is 4.36. The first-order chi connectivity index (χ1) is 8.31. The van der Waals surface area contributed by atoms with Gasteiger partial charge in [-0.15, -0.1) is 0 Å². The Balaban J connectivity index is 1.97. The molecule has 88 valence electrons. The fraction of sp³-hybridized carbons (Fsp3) is 0.438. The average Bonchev–Trinajstić information content (AvgIpc) is 2.99. The zero-order chi connectivity index (χ0) is 11.8. The van der Waals surface area contributed by atoms with Crippen molar-refractivity contribution in [3.05, 3.63) is 48.0 Å². The van der Waals surface area contributed by atoms with Gasteiger partial charge in [0.2, 0.25) is 0 Å². The maximum Gasteiger partial charge on any atom is 0.136 e. The van der Waals surface area contributed by atoms with Crippen LogP contribution in [0.1, 0.15) is 31.2 Å². The van der Waals surface area contributed by atoms with E-state index in [1.54, 1.807) is 0 Å². The lowest BCUT2D eigenvalue weighted by Crippen LogP contribution is -2.25. The van der Waals surface area contributed by atoms with Crippen molar-refractivity contribution in [2.45, 2.75) is 25.7 Å². The van der Waals surface area contributed by atoms with Crippen LogP contribution in [0, 0.1) is 17.8 Å². The summed E-state index contributed by atoms with van der Waals surface area (Å²) in [7, 11) is 0. The van der Waals surface area contributed by atoms with Crippen molar-refractivity contribution in [3.8, 4) is 0 Å². The van der Waals surface area contributed by atoms with Gasteiger partial charge in [-0.2, -0.15) is 0 Å². The van der Waals surface area contributed by atoms with Crippen molar-refractivity contribution in [3.63, 3.8) is 0 Å². The smallest absolute Gasteiger partial charge is 0.136 e. The van der Waals surface area contributed by atoms with E-state index in [1.165, 1.54) is 12.0 Å². The van der Waals surface area contributed by atoms with Crippen LogP contribution in [0.5, 0.6) is 0 Å². The molecule has 1 aromatic rings. The van der Waals surface area contributed by atoms with Gasteiger partial charge in [-0.25, -0.2) is 0 Å². The minimum atomic E-state index is 0.234. The van der Waals surface area contributed by atoms with Crippen LogP contribution < -0.4 is 0 Å². The van der Waals surface area contributed by atoms with E-state index >= 15 is 0 Å². The number of carbonyl (C=O) groups is 1. The quantitative estimate of drug-likeness (QED) is 0.720. The first kappa shape index (κ1) is 10.8. The monoisotopic (exact) mass is 226 g/mol. The summed E-state index contributed by atoms with van der Waals surface area (Å²) in [6.07, 6.45) is 6.44. The van der Waals surface area contributed by atoms with Crippen LogP contribution in [0.3, 0.4) is 0 Å². The molecule has 1 saturated carbocycles. The van der Waals surface area contributed by atoms with Crippen LogP contribution in [0.25, 0.3) is 0 Å². The maximum atomic E-state index is 12.2. The van der Waals surface area contributed by atoms with Crippen molar-refractivity contribution in [1.29, 1.82) is 0 Å². The number of rotatable bonds is 3. The van der Waals surface area contributed by atoms with Crippen LogP contribution in [0.2, 0.25) is 0 Å². The second-order valence-electron chi connectivity index (χ2n) is 5.23. The lowest BCUT2D eigenvalue weighted by atomic mass is 9.76. The van der Waals surface area contributed by atoms with Crippen molar-refractivity contribution in [2.75, 3.05) is 0 Å². The van der Waals surface area contributed by atoms with Gasteiger partial charge in [0.05, 0.1) is 0 Å². The van der Waals surface area contributed by atoms with E-state index < -0.39 is 0 Å². The molecule has 1 fully saturated rings. The van der Waals surface area contributed by atoms with Crippen LogP contribution in [-0.2, 0) is 4.79 Å². The summed E-state index contributed by atoms with van der Waals surface area (Å²) in [5.41, 5.74) is 1.34. The van der Waals surface area contributed by atoms with Crippen molar-refractivity contribution in [2.24, 2.45) is 17.8 Å². The lowest BCUT2D eigenvalue weighted by Gasteiger charge is -2.27. The van der Waals surface area contributed by atoms with E-state index in [0.717, 1.165) is 0 Å². The fourth-order valence-corrected chi connectivity index (χ4v) is 3.63. The molecule has 1 unspecified atom stereocenters. The molecule has 0 saturated heterocycles.